The van der Waals surface area contributed by atoms with Crippen LogP contribution in [0.1, 0.15) is 36.8 Å². The molecular weight excluding hydrogens is 406 g/mol. The van der Waals surface area contributed by atoms with Gasteiger partial charge in [0.05, 0.1) is 11.1 Å². The SMILES string of the molecule is Cc1ccn2cc(-c3cccc(NC(=O)C4(c5ccc(Cl)cc5)CCCC4)c3)nc2c1. The normalized spacial score (nSPS) is 15.3. The fraction of sp³-hybridized carbons (Fsp3) is 0.231. The van der Waals surface area contributed by atoms with Gasteiger partial charge in [-0.1, -0.05) is 48.7 Å². The minimum atomic E-state index is -0.499. The smallest absolute Gasteiger partial charge is 0.235 e. The van der Waals surface area contributed by atoms with Crippen molar-refractivity contribution in [2.75, 3.05) is 5.32 Å². The van der Waals surface area contributed by atoms with E-state index >= 15 is 0 Å². The highest BCUT2D eigenvalue weighted by atomic mass is 35.5. The summed E-state index contributed by atoms with van der Waals surface area (Å²) in [5.74, 6) is 0.0510. The number of aryl methyl sites for hydroxylation is 1. The number of benzene rings is 2. The maximum atomic E-state index is 13.5. The standard InChI is InChI=1S/C26H24ClN3O/c1-18-11-14-30-17-23(29-24(30)15-18)19-5-4-6-22(16-19)28-25(31)26(12-2-3-13-26)20-7-9-21(27)10-8-20/h4-11,14-17H,2-3,12-13H2,1H3,(H,28,31). The zero-order chi connectivity index (χ0) is 21.4. The summed E-state index contributed by atoms with van der Waals surface area (Å²) < 4.78 is 2.02. The first-order valence-electron chi connectivity index (χ1n) is 10.7. The van der Waals surface area contributed by atoms with E-state index in [-0.39, 0.29) is 5.91 Å². The fourth-order valence-electron chi connectivity index (χ4n) is 4.62. The molecule has 0 spiro atoms. The number of aromatic nitrogens is 2. The van der Waals surface area contributed by atoms with Gasteiger partial charge >= 0.3 is 0 Å². The molecular formula is C26H24ClN3O. The lowest BCUT2D eigenvalue weighted by Crippen LogP contribution is -2.37. The van der Waals surface area contributed by atoms with E-state index in [4.69, 9.17) is 16.6 Å². The maximum absolute atomic E-state index is 13.5. The second-order valence-corrected chi connectivity index (χ2v) is 8.86. The first-order valence-corrected chi connectivity index (χ1v) is 11.0. The average molecular weight is 430 g/mol. The third-order valence-electron chi connectivity index (χ3n) is 6.32. The molecule has 2 aromatic heterocycles. The number of carbonyl (C=O) groups is 1. The highest BCUT2D eigenvalue weighted by Gasteiger charge is 2.42. The Balaban J connectivity index is 1.44. The van der Waals surface area contributed by atoms with Gasteiger partial charge in [-0.15, -0.1) is 0 Å². The first kappa shape index (κ1) is 19.8. The molecule has 5 rings (SSSR count). The number of pyridine rings is 1. The van der Waals surface area contributed by atoms with Gasteiger partial charge in [-0.3, -0.25) is 4.79 Å². The lowest BCUT2D eigenvalue weighted by atomic mass is 9.78. The van der Waals surface area contributed by atoms with E-state index < -0.39 is 5.41 Å². The van der Waals surface area contributed by atoms with E-state index in [1.54, 1.807) is 0 Å². The number of fused-ring (bicyclic) bond motifs is 1. The summed E-state index contributed by atoms with van der Waals surface area (Å²) in [5.41, 5.74) is 5.28. The van der Waals surface area contributed by atoms with Crippen molar-refractivity contribution in [3.05, 3.63) is 89.2 Å². The lowest BCUT2D eigenvalue weighted by molar-refractivity contribution is -0.121. The van der Waals surface area contributed by atoms with Crippen molar-refractivity contribution in [1.82, 2.24) is 9.38 Å². The van der Waals surface area contributed by atoms with Gasteiger partial charge in [-0.2, -0.15) is 0 Å². The van der Waals surface area contributed by atoms with Crippen LogP contribution >= 0.6 is 11.6 Å². The van der Waals surface area contributed by atoms with Gasteiger partial charge in [-0.25, -0.2) is 4.98 Å². The van der Waals surface area contributed by atoms with E-state index in [1.807, 2.05) is 65.3 Å². The Morgan fingerprint density at radius 2 is 1.84 bits per heavy atom. The monoisotopic (exact) mass is 429 g/mol. The molecule has 0 saturated heterocycles. The topological polar surface area (TPSA) is 46.4 Å². The zero-order valence-corrected chi connectivity index (χ0v) is 18.2. The van der Waals surface area contributed by atoms with Crippen LogP contribution in [0.4, 0.5) is 5.69 Å². The number of nitrogens with one attached hydrogen (secondary N) is 1. The van der Waals surface area contributed by atoms with Crippen molar-refractivity contribution in [1.29, 1.82) is 0 Å². The Morgan fingerprint density at radius 3 is 2.61 bits per heavy atom. The molecule has 1 aliphatic rings. The van der Waals surface area contributed by atoms with Crippen LogP contribution in [0.25, 0.3) is 16.9 Å². The van der Waals surface area contributed by atoms with E-state index in [1.165, 1.54) is 5.56 Å². The summed E-state index contributed by atoms with van der Waals surface area (Å²) in [6.45, 7) is 2.06. The molecule has 31 heavy (non-hydrogen) atoms. The van der Waals surface area contributed by atoms with Gasteiger partial charge in [0.1, 0.15) is 5.65 Å². The number of hydrogen-bond donors (Lipinski definition) is 1. The number of rotatable bonds is 4. The van der Waals surface area contributed by atoms with Gasteiger partial charge < -0.3 is 9.72 Å². The molecule has 0 radical (unpaired) electrons. The molecule has 4 nitrogen and oxygen atoms in total. The number of carbonyl (C=O) groups excluding carboxylic acids is 1. The molecule has 1 amide bonds. The van der Waals surface area contributed by atoms with Crippen LogP contribution in [0.5, 0.6) is 0 Å². The Labute approximate surface area is 186 Å². The molecule has 2 aromatic carbocycles. The van der Waals surface area contributed by atoms with E-state index in [2.05, 4.69) is 24.4 Å². The van der Waals surface area contributed by atoms with Crippen molar-refractivity contribution < 1.29 is 4.79 Å². The van der Waals surface area contributed by atoms with Crippen LogP contribution in [-0.2, 0) is 10.2 Å². The van der Waals surface area contributed by atoms with Crippen LogP contribution < -0.4 is 5.32 Å². The largest absolute Gasteiger partial charge is 0.325 e. The number of amides is 1. The van der Waals surface area contributed by atoms with Crippen molar-refractivity contribution in [2.24, 2.45) is 0 Å². The van der Waals surface area contributed by atoms with E-state index in [0.717, 1.165) is 53.8 Å². The number of nitrogens with zero attached hydrogens (tertiary/aromatic N) is 2. The second kappa shape index (κ2) is 7.86. The summed E-state index contributed by atoms with van der Waals surface area (Å²) in [6.07, 6.45) is 7.84. The molecule has 1 aliphatic carbocycles. The molecule has 1 fully saturated rings. The minimum Gasteiger partial charge on any atom is -0.325 e. The lowest BCUT2D eigenvalue weighted by Gasteiger charge is -2.28. The minimum absolute atomic E-state index is 0.0510. The number of halogens is 1. The Morgan fingerprint density at radius 1 is 1.06 bits per heavy atom. The molecule has 156 valence electrons. The van der Waals surface area contributed by atoms with Crippen LogP contribution in [-0.4, -0.2) is 15.3 Å². The molecule has 0 unspecified atom stereocenters. The Kier molecular flexibility index (Phi) is 5.03. The first-order chi connectivity index (χ1) is 15.0. The quantitative estimate of drug-likeness (QED) is 0.407. The summed E-state index contributed by atoms with van der Waals surface area (Å²) in [7, 11) is 0. The van der Waals surface area contributed by atoms with Gasteiger partial charge in [0.25, 0.3) is 0 Å². The third kappa shape index (κ3) is 3.72. The highest BCUT2D eigenvalue weighted by Crippen LogP contribution is 2.42. The van der Waals surface area contributed by atoms with Crippen LogP contribution in [0.15, 0.2) is 73.1 Å². The molecule has 4 aromatic rings. The number of imidazole rings is 1. The average Bonchev–Trinajstić information content (AvgIpc) is 3.42. The Hall–Kier alpha value is -3.11. The molecule has 1 N–H and O–H groups in total. The van der Waals surface area contributed by atoms with Crippen molar-refractivity contribution in [2.45, 2.75) is 38.0 Å². The number of anilines is 1. The van der Waals surface area contributed by atoms with Gasteiger partial charge in [0.2, 0.25) is 5.91 Å². The van der Waals surface area contributed by atoms with Gasteiger partial charge in [0.15, 0.2) is 0 Å². The summed E-state index contributed by atoms with van der Waals surface area (Å²) in [5, 5.41) is 3.87. The second-order valence-electron chi connectivity index (χ2n) is 8.43. The van der Waals surface area contributed by atoms with Crippen molar-refractivity contribution in [3.8, 4) is 11.3 Å². The predicted molar refractivity (Wildman–Crippen MR) is 126 cm³/mol. The van der Waals surface area contributed by atoms with Crippen LogP contribution in [0, 0.1) is 6.92 Å². The highest BCUT2D eigenvalue weighted by molar-refractivity contribution is 6.30. The molecule has 0 aliphatic heterocycles. The predicted octanol–water partition coefficient (Wildman–Crippen LogP) is 6.41. The molecule has 2 heterocycles. The van der Waals surface area contributed by atoms with Crippen LogP contribution in [0.2, 0.25) is 5.02 Å². The van der Waals surface area contributed by atoms with Gasteiger partial charge in [-0.05, 0) is 67.3 Å². The van der Waals surface area contributed by atoms with Crippen molar-refractivity contribution >= 4 is 28.8 Å². The molecule has 1 saturated carbocycles. The van der Waals surface area contributed by atoms with Crippen molar-refractivity contribution in [3.63, 3.8) is 0 Å². The van der Waals surface area contributed by atoms with Gasteiger partial charge in [0, 0.05) is 28.7 Å². The summed E-state index contributed by atoms with van der Waals surface area (Å²) >= 11 is 6.08. The summed E-state index contributed by atoms with van der Waals surface area (Å²) in [4.78, 5) is 18.2. The fourth-order valence-corrected chi connectivity index (χ4v) is 4.75. The maximum Gasteiger partial charge on any atom is 0.235 e. The number of hydrogen-bond acceptors (Lipinski definition) is 2. The Bertz CT molecular complexity index is 1250. The summed E-state index contributed by atoms with van der Waals surface area (Å²) in [6, 6.07) is 19.8. The molecule has 0 atom stereocenters. The van der Waals surface area contributed by atoms with E-state index in [0.29, 0.717) is 5.02 Å². The zero-order valence-electron chi connectivity index (χ0n) is 17.4. The van der Waals surface area contributed by atoms with Crippen LogP contribution in [0.3, 0.4) is 0 Å². The molecule has 5 heteroatoms. The van der Waals surface area contributed by atoms with E-state index in [9.17, 15) is 4.79 Å². The molecule has 0 bridgehead atoms. The third-order valence-corrected chi connectivity index (χ3v) is 6.57.